The first kappa shape index (κ1) is 18.9. The summed E-state index contributed by atoms with van der Waals surface area (Å²) in [6.45, 7) is 4.24. The summed E-state index contributed by atoms with van der Waals surface area (Å²) in [7, 11) is 0. The molecule has 3 fully saturated rings. The number of rotatable bonds is 4. The number of benzene rings is 2. The molecule has 1 nitrogen and oxygen atoms in total. The summed E-state index contributed by atoms with van der Waals surface area (Å²) in [6.07, 6.45) is 5.36. The van der Waals surface area contributed by atoms with Crippen molar-refractivity contribution in [1.29, 1.82) is 0 Å². The van der Waals surface area contributed by atoms with Crippen molar-refractivity contribution in [3.63, 3.8) is 0 Å². The molecule has 5 atom stereocenters. The molecule has 1 heterocycles. The zero-order valence-corrected chi connectivity index (χ0v) is 15.9. The van der Waals surface area contributed by atoms with Gasteiger partial charge in [0.2, 0.25) is 0 Å². The van der Waals surface area contributed by atoms with Gasteiger partial charge in [-0.25, -0.2) is 17.6 Å². The van der Waals surface area contributed by atoms with Crippen molar-refractivity contribution in [1.82, 2.24) is 0 Å². The van der Waals surface area contributed by atoms with Gasteiger partial charge in [-0.2, -0.15) is 0 Å². The Kier molecular flexibility index (Phi) is 4.54. The summed E-state index contributed by atoms with van der Waals surface area (Å²) < 4.78 is 63.9. The van der Waals surface area contributed by atoms with Crippen LogP contribution in [-0.4, -0.2) is 6.61 Å². The van der Waals surface area contributed by atoms with Crippen molar-refractivity contribution in [3.05, 3.63) is 71.3 Å². The molecule has 5 rings (SSSR count). The molecule has 0 bridgehead atoms. The van der Waals surface area contributed by atoms with Gasteiger partial charge in [-0.1, -0.05) is 30.3 Å². The van der Waals surface area contributed by atoms with Crippen molar-refractivity contribution in [3.8, 4) is 11.1 Å². The highest BCUT2D eigenvalue weighted by Gasteiger charge is 2.45. The molecule has 2 aliphatic carbocycles. The maximum Gasteiger partial charge on any atom is 0.167 e. The Morgan fingerprint density at radius 3 is 1.97 bits per heavy atom. The van der Waals surface area contributed by atoms with Crippen molar-refractivity contribution in [2.75, 3.05) is 6.61 Å². The molecular weight excluding hydrogens is 380 g/mol. The number of ether oxygens (including phenoxy) is 1. The topological polar surface area (TPSA) is 12.5 Å². The first-order valence-electron chi connectivity index (χ1n) is 10.2. The minimum Gasteiger partial charge on any atom is -0.368 e. The van der Waals surface area contributed by atoms with Crippen molar-refractivity contribution >= 4 is 0 Å². The van der Waals surface area contributed by atoms with Gasteiger partial charge in [0.25, 0.3) is 0 Å². The van der Waals surface area contributed by atoms with Crippen LogP contribution in [-0.2, 0) is 4.74 Å². The lowest BCUT2D eigenvalue weighted by atomic mass is 9.84. The van der Waals surface area contributed by atoms with Crippen LogP contribution in [0.2, 0.25) is 0 Å². The number of hydrogen-bond donors (Lipinski definition) is 0. The zero-order chi connectivity index (χ0) is 20.3. The standard InChI is InChI=1S/C24H22F4O/c1-2-12-3-4-14-13(12)5-6-15(14)16-7-8-17(22(26)21(16)25)18-9-10-19(20-11-29-20)24(28)23(18)27/h2,7-10,12-15,20H,1,3-6,11H2. The summed E-state index contributed by atoms with van der Waals surface area (Å²) >= 11 is 0. The zero-order valence-electron chi connectivity index (χ0n) is 15.9. The summed E-state index contributed by atoms with van der Waals surface area (Å²) in [5.74, 6) is -3.08. The van der Waals surface area contributed by atoms with Crippen molar-refractivity contribution < 1.29 is 22.3 Å². The number of hydrogen-bond acceptors (Lipinski definition) is 1. The molecule has 2 aromatic carbocycles. The lowest BCUT2D eigenvalue weighted by molar-refractivity contribution is 0.377. The van der Waals surface area contributed by atoms with Crippen LogP contribution in [0.4, 0.5) is 17.6 Å². The number of fused-ring (bicyclic) bond motifs is 1. The Balaban J connectivity index is 1.50. The lowest BCUT2D eigenvalue weighted by Gasteiger charge is -2.21. The van der Waals surface area contributed by atoms with Gasteiger partial charge in [0.05, 0.1) is 6.61 Å². The largest absolute Gasteiger partial charge is 0.368 e. The number of allylic oxidation sites excluding steroid dienone is 1. The van der Waals surface area contributed by atoms with Gasteiger partial charge in [-0.3, -0.25) is 0 Å². The highest BCUT2D eigenvalue weighted by molar-refractivity contribution is 5.66. The minimum atomic E-state index is -1.17. The van der Waals surface area contributed by atoms with Crippen LogP contribution in [0.5, 0.6) is 0 Å². The molecule has 0 radical (unpaired) electrons. The molecule has 1 saturated heterocycles. The predicted molar refractivity (Wildman–Crippen MR) is 102 cm³/mol. The van der Waals surface area contributed by atoms with Crippen LogP contribution in [0.15, 0.2) is 36.9 Å². The minimum absolute atomic E-state index is 0.0375. The van der Waals surface area contributed by atoms with E-state index in [1.165, 1.54) is 18.2 Å². The van der Waals surface area contributed by atoms with E-state index in [-0.39, 0.29) is 22.6 Å². The third kappa shape index (κ3) is 2.93. The van der Waals surface area contributed by atoms with Gasteiger partial charge in [0.15, 0.2) is 23.3 Å². The van der Waals surface area contributed by atoms with E-state index in [0.29, 0.717) is 29.9 Å². The van der Waals surface area contributed by atoms with E-state index in [2.05, 4.69) is 6.58 Å². The van der Waals surface area contributed by atoms with Crippen LogP contribution < -0.4 is 0 Å². The Labute approximate surface area is 167 Å². The van der Waals surface area contributed by atoms with Gasteiger partial charge in [0.1, 0.15) is 6.10 Å². The third-order valence-corrected chi connectivity index (χ3v) is 7.16. The Hall–Kier alpha value is -2.14. The smallest absolute Gasteiger partial charge is 0.167 e. The predicted octanol–water partition coefficient (Wildman–Crippen LogP) is 6.69. The van der Waals surface area contributed by atoms with Crippen LogP contribution in [0.3, 0.4) is 0 Å². The molecule has 2 aromatic rings. The monoisotopic (exact) mass is 402 g/mol. The van der Waals surface area contributed by atoms with Gasteiger partial charge in [-0.05, 0) is 54.9 Å². The molecule has 0 spiro atoms. The van der Waals surface area contributed by atoms with Gasteiger partial charge in [0, 0.05) is 16.7 Å². The highest BCUT2D eigenvalue weighted by atomic mass is 19.2. The summed E-state index contributed by atoms with van der Waals surface area (Å²) in [4.78, 5) is 0. The Bertz CT molecular complexity index is 981. The first-order chi connectivity index (χ1) is 14.0. The average molecular weight is 402 g/mol. The fraction of sp³-hybridized carbons (Fsp3) is 0.417. The molecule has 29 heavy (non-hydrogen) atoms. The van der Waals surface area contributed by atoms with E-state index in [0.717, 1.165) is 25.7 Å². The maximum atomic E-state index is 15.1. The van der Waals surface area contributed by atoms with E-state index in [9.17, 15) is 13.2 Å². The van der Waals surface area contributed by atoms with E-state index < -0.39 is 29.4 Å². The van der Waals surface area contributed by atoms with Crippen molar-refractivity contribution in [2.45, 2.75) is 37.7 Å². The first-order valence-corrected chi connectivity index (χ1v) is 10.2. The van der Waals surface area contributed by atoms with Crippen LogP contribution in [0, 0.1) is 41.0 Å². The second kappa shape index (κ2) is 6.98. The van der Waals surface area contributed by atoms with Gasteiger partial charge < -0.3 is 4.74 Å². The molecule has 152 valence electrons. The second-order valence-corrected chi connectivity index (χ2v) is 8.47. The molecule has 1 aliphatic heterocycles. The normalized spacial score (nSPS) is 30.4. The van der Waals surface area contributed by atoms with Crippen LogP contribution in [0.25, 0.3) is 11.1 Å². The molecule has 2 saturated carbocycles. The summed E-state index contributed by atoms with van der Waals surface area (Å²) in [5, 5.41) is 0. The van der Waals surface area contributed by atoms with Gasteiger partial charge >= 0.3 is 0 Å². The third-order valence-electron chi connectivity index (χ3n) is 7.16. The van der Waals surface area contributed by atoms with Crippen molar-refractivity contribution in [2.24, 2.45) is 17.8 Å². The molecule has 0 N–H and O–H groups in total. The molecule has 3 aliphatic rings. The van der Waals surface area contributed by atoms with E-state index in [4.69, 9.17) is 4.74 Å². The Morgan fingerprint density at radius 2 is 1.34 bits per heavy atom. The fourth-order valence-electron chi connectivity index (χ4n) is 5.63. The van der Waals surface area contributed by atoms with Crippen LogP contribution in [0.1, 0.15) is 48.8 Å². The number of halogens is 4. The molecule has 0 aromatic heterocycles. The molecule has 0 amide bonds. The van der Waals surface area contributed by atoms with E-state index in [1.807, 2.05) is 6.08 Å². The maximum absolute atomic E-state index is 15.1. The quantitative estimate of drug-likeness (QED) is 0.315. The van der Waals surface area contributed by atoms with E-state index in [1.54, 1.807) is 6.07 Å². The fourth-order valence-corrected chi connectivity index (χ4v) is 5.63. The summed E-state index contributed by atoms with van der Waals surface area (Å²) in [5.41, 5.74) is -0.0614. The number of epoxide rings is 1. The summed E-state index contributed by atoms with van der Waals surface area (Å²) in [6, 6.07) is 5.61. The molecule has 5 heteroatoms. The van der Waals surface area contributed by atoms with E-state index >= 15 is 4.39 Å². The molecule has 5 unspecified atom stereocenters. The highest BCUT2D eigenvalue weighted by Crippen LogP contribution is 2.55. The molecular formula is C24H22F4O. The van der Waals surface area contributed by atoms with Crippen LogP contribution >= 0.6 is 0 Å². The second-order valence-electron chi connectivity index (χ2n) is 8.47. The average Bonchev–Trinajstić information content (AvgIpc) is 3.34. The van der Waals surface area contributed by atoms with Gasteiger partial charge in [-0.15, -0.1) is 6.58 Å². The SMILES string of the molecule is C=CC1CCC2C(c3ccc(-c4ccc(C5CO5)c(F)c4F)c(F)c3F)CCC12. The Morgan fingerprint density at radius 1 is 0.759 bits per heavy atom. The lowest BCUT2D eigenvalue weighted by Crippen LogP contribution is -2.13.